The number of likely N-dealkylation sites (tertiary alicyclic amines) is 1. The Bertz CT molecular complexity index is 912. The van der Waals surface area contributed by atoms with Crippen LogP contribution in [0.3, 0.4) is 0 Å². The molecule has 1 fully saturated rings. The number of hydrogen-bond donors (Lipinski definition) is 2. The van der Waals surface area contributed by atoms with E-state index in [-0.39, 0.29) is 18.5 Å². The van der Waals surface area contributed by atoms with Gasteiger partial charge in [-0.1, -0.05) is 30.3 Å². The Morgan fingerprint density at radius 3 is 2.50 bits per heavy atom. The molecule has 3 rings (SSSR count). The van der Waals surface area contributed by atoms with Gasteiger partial charge in [0.2, 0.25) is 5.91 Å². The van der Waals surface area contributed by atoms with E-state index in [1.54, 1.807) is 7.05 Å². The molecule has 0 spiro atoms. The Hall–Kier alpha value is -2.83. The number of benzene rings is 1. The molecule has 1 aromatic carbocycles. The summed E-state index contributed by atoms with van der Waals surface area (Å²) >= 11 is 0. The van der Waals surface area contributed by atoms with Crippen molar-refractivity contribution >= 4 is 11.9 Å². The number of nitrogens with one attached hydrogen (secondary N) is 2. The molecule has 32 heavy (non-hydrogen) atoms. The van der Waals surface area contributed by atoms with Gasteiger partial charge in [0.05, 0.1) is 12.2 Å². The molecule has 1 atom stereocenters. The van der Waals surface area contributed by atoms with E-state index in [0.29, 0.717) is 11.9 Å². The van der Waals surface area contributed by atoms with Gasteiger partial charge >= 0.3 is 0 Å². The van der Waals surface area contributed by atoms with Crippen LogP contribution in [0.2, 0.25) is 0 Å². The van der Waals surface area contributed by atoms with Gasteiger partial charge in [-0.05, 0) is 63.5 Å². The minimum absolute atomic E-state index is 0.137. The molecule has 0 radical (unpaired) electrons. The zero-order valence-corrected chi connectivity index (χ0v) is 20.2. The van der Waals surface area contributed by atoms with Gasteiger partial charge in [-0.25, -0.2) is 0 Å². The first-order chi connectivity index (χ1) is 15.4. The first-order valence-electron chi connectivity index (χ1n) is 11.6. The number of rotatable bonds is 7. The third-order valence-corrected chi connectivity index (χ3v) is 6.52. The number of aromatic nitrogens is 2. The van der Waals surface area contributed by atoms with Gasteiger partial charge in [-0.2, -0.15) is 5.10 Å². The highest BCUT2D eigenvalue weighted by Crippen LogP contribution is 2.21. The van der Waals surface area contributed by atoms with E-state index in [9.17, 15) is 4.79 Å². The number of nitrogens with zero attached hydrogens (tertiary/aromatic N) is 4. The van der Waals surface area contributed by atoms with Crippen molar-refractivity contribution < 1.29 is 4.79 Å². The number of carbonyl (C=O) groups excluding carboxylic acids is 1. The van der Waals surface area contributed by atoms with Crippen LogP contribution in [0.1, 0.15) is 42.3 Å². The standard InChI is InChI=1S/C25H38N6O/c1-18(15-23-19(2)29-30(5)20(23)3)28-25(26-4)27-17-24(32)31-13-11-22(12-14-31)16-21-9-7-6-8-10-21/h6-10,18,22H,11-17H2,1-5H3,(H2,26,27,28). The van der Waals surface area contributed by atoms with E-state index in [0.717, 1.165) is 44.5 Å². The van der Waals surface area contributed by atoms with E-state index in [4.69, 9.17) is 0 Å². The number of piperidine rings is 1. The van der Waals surface area contributed by atoms with Gasteiger partial charge < -0.3 is 15.5 Å². The van der Waals surface area contributed by atoms with Crippen LogP contribution >= 0.6 is 0 Å². The molecule has 0 bridgehead atoms. The van der Waals surface area contributed by atoms with E-state index in [2.05, 4.69) is 64.9 Å². The fraction of sp³-hybridized carbons (Fsp3) is 0.560. The minimum atomic E-state index is 0.137. The fourth-order valence-electron chi connectivity index (χ4n) is 4.50. The van der Waals surface area contributed by atoms with E-state index in [1.165, 1.54) is 16.8 Å². The summed E-state index contributed by atoms with van der Waals surface area (Å²) in [5.41, 5.74) is 4.90. The van der Waals surface area contributed by atoms with Crippen LogP contribution < -0.4 is 10.6 Å². The Morgan fingerprint density at radius 2 is 1.91 bits per heavy atom. The molecular weight excluding hydrogens is 400 g/mol. The van der Waals surface area contributed by atoms with Gasteiger partial charge in [0.15, 0.2) is 5.96 Å². The van der Waals surface area contributed by atoms with Gasteiger partial charge in [-0.3, -0.25) is 14.5 Å². The molecule has 7 heteroatoms. The topological polar surface area (TPSA) is 74.6 Å². The zero-order valence-electron chi connectivity index (χ0n) is 20.2. The summed E-state index contributed by atoms with van der Waals surface area (Å²) < 4.78 is 1.92. The molecular formula is C25H38N6O. The normalized spacial score (nSPS) is 16.2. The summed E-state index contributed by atoms with van der Waals surface area (Å²) in [5, 5.41) is 11.1. The van der Waals surface area contributed by atoms with Gasteiger partial charge in [0.1, 0.15) is 0 Å². The Morgan fingerprint density at radius 1 is 1.22 bits per heavy atom. The van der Waals surface area contributed by atoms with Crippen LogP contribution in [0.4, 0.5) is 0 Å². The maximum absolute atomic E-state index is 12.7. The lowest BCUT2D eigenvalue weighted by molar-refractivity contribution is -0.131. The largest absolute Gasteiger partial charge is 0.354 e. The van der Waals surface area contributed by atoms with Crippen molar-refractivity contribution in [2.45, 2.75) is 52.5 Å². The zero-order chi connectivity index (χ0) is 23.1. The van der Waals surface area contributed by atoms with Crippen LogP contribution in [-0.4, -0.2) is 59.3 Å². The second-order valence-corrected chi connectivity index (χ2v) is 8.96. The highest BCUT2D eigenvalue weighted by molar-refractivity contribution is 5.86. The quantitative estimate of drug-likeness (QED) is 0.515. The van der Waals surface area contributed by atoms with Crippen molar-refractivity contribution in [3.8, 4) is 0 Å². The first kappa shape index (κ1) is 23.8. The lowest BCUT2D eigenvalue weighted by Crippen LogP contribution is -2.48. The molecule has 0 saturated carbocycles. The highest BCUT2D eigenvalue weighted by atomic mass is 16.2. The molecule has 1 amide bonds. The summed E-state index contributed by atoms with van der Waals surface area (Å²) in [7, 11) is 3.71. The Kier molecular flexibility index (Phi) is 8.31. The molecule has 0 aliphatic carbocycles. The van der Waals surface area contributed by atoms with Gasteiger partial charge in [0.25, 0.3) is 0 Å². The first-order valence-corrected chi connectivity index (χ1v) is 11.6. The van der Waals surface area contributed by atoms with Crippen molar-refractivity contribution in [3.63, 3.8) is 0 Å². The van der Waals surface area contributed by atoms with Crippen LogP contribution in [-0.2, 0) is 24.7 Å². The molecule has 2 aromatic rings. The lowest BCUT2D eigenvalue weighted by atomic mass is 9.90. The monoisotopic (exact) mass is 438 g/mol. The number of guanidine groups is 1. The summed E-state index contributed by atoms with van der Waals surface area (Å²) in [5.74, 6) is 1.45. The molecule has 174 valence electrons. The van der Waals surface area contributed by atoms with Gasteiger partial charge in [-0.15, -0.1) is 0 Å². The average Bonchev–Trinajstić information content (AvgIpc) is 3.03. The summed E-state index contributed by atoms with van der Waals surface area (Å²) in [4.78, 5) is 19.0. The molecule has 1 aliphatic rings. The molecule has 7 nitrogen and oxygen atoms in total. The SMILES string of the molecule is CN=C(NCC(=O)N1CCC(Cc2ccccc2)CC1)NC(C)Cc1c(C)nn(C)c1C. The van der Waals surface area contributed by atoms with Crippen molar-refractivity contribution in [3.05, 3.63) is 52.8 Å². The molecule has 1 saturated heterocycles. The number of amides is 1. The lowest BCUT2D eigenvalue weighted by Gasteiger charge is -2.32. The third-order valence-electron chi connectivity index (χ3n) is 6.52. The summed E-state index contributed by atoms with van der Waals surface area (Å²) in [6.45, 7) is 8.19. The number of hydrogen-bond acceptors (Lipinski definition) is 3. The Balaban J connectivity index is 1.41. The van der Waals surface area contributed by atoms with E-state index in [1.807, 2.05) is 23.6 Å². The molecule has 2 heterocycles. The van der Waals surface area contributed by atoms with Crippen LogP contribution in [0.15, 0.2) is 35.3 Å². The number of carbonyl (C=O) groups is 1. The maximum atomic E-state index is 12.7. The molecule has 1 aromatic heterocycles. The van der Waals surface area contributed by atoms with Crippen LogP contribution in [0.5, 0.6) is 0 Å². The average molecular weight is 439 g/mol. The summed E-state index contributed by atoms with van der Waals surface area (Å²) in [6.07, 6.45) is 4.09. The highest BCUT2D eigenvalue weighted by Gasteiger charge is 2.23. The van der Waals surface area contributed by atoms with E-state index >= 15 is 0 Å². The van der Waals surface area contributed by atoms with Crippen molar-refractivity contribution in [1.29, 1.82) is 0 Å². The van der Waals surface area contributed by atoms with E-state index < -0.39 is 0 Å². The smallest absolute Gasteiger partial charge is 0.241 e. The number of aryl methyl sites for hydroxylation is 2. The molecule has 1 unspecified atom stereocenters. The third kappa shape index (κ3) is 6.34. The second kappa shape index (κ2) is 11.2. The van der Waals surface area contributed by atoms with Crippen molar-refractivity contribution in [2.24, 2.45) is 18.0 Å². The second-order valence-electron chi connectivity index (χ2n) is 8.96. The van der Waals surface area contributed by atoms with Crippen LogP contribution in [0, 0.1) is 19.8 Å². The minimum Gasteiger partial charge on any atom is -0.354 e. The molecule has 2 N–H and O–H groups in total. The molecule has 1 aliphatic heterocycles. The van der Waals surface area contributed by atoms with Crippen molar-refractivity contribution in [1.82, 2.24) is 25.3 Å². The Labute approximate surface area is 192 Å². The van der Waals surface area contributed by atoms with Crippen molar-refractivity contribution in [2.75, 3.05) is 26.7 Å². The predicted octanol–water partition coefficient (Wildman–Crippen LogP) is 2.61. The maximum Gasteiger partial charge on any atom is 0.241 e. The number of aliphatic imine (C=N–C) groups is 1. The van der Waals surface area contributed by atoms with Gasteiger partial charge in [0, 0.05) is 38.9 Å². The van der Waals surface area contributed by atoms with Crippen LogP contribution in [0.25, 0.3) is 0 Å². The predicted molar refractivity (Wildman–Crippen MR) is 130 cm³/mol. The summed E-state index contributed by atoms with van der Waals surface area (Å²) in [6, 6.07) is 10.8. The fourth-order valence-corrected chi connectivity index (χ4v) is 4.50.